The normalized spacial score (nSPS) is 21.0. The van der Waals surface area contributed by atoms with Crippen LogP contribution in [0.5, 0.6) is 5.75 Å². The lowest BCUT2D eigenvalue weighted by atomic mass is 9.84. The van der Waals surface area contributed by atoms with E-state index in [1.165, 1.54) is 19.2 Å². The number of carboxylic acids is 1. The Morgan fingerprint density at radius 2 is 2.02 bits per heavy atom. The molecule has 2 saturated heterocycles. The SMILES string of the molecule is CC1(C)[C@H](NC(=O)/C(=N\O[C@@H](COc2ccc(C(N)=N[C@H]3CCNC3)cc2)C(=O)O)c2csc(N)n2)C(=O)N1OS(=O)(=O)O. The molecule has 2 aromatic rings. The predicted molar refractivity (Wildman–Crippen MR) is 155 cm³/mol. The van der Waals surface area contributed by atoms with Crippen LogP contribution in [-0.2, 0) is 33.9 Å². The van der Waals surface area contributed by atoms with Gasteiger partial charge in [-0.15, -0.1) is 15.6 Å². The number of nitrogen functional groups attached to an aromatic ring is 1. The van der Waals surface area contributed by atoms with E-state index < -0.39 is 58.2 Å². The minimum Gasteiger partial charge on any atom is -0.489 e. The van der Waals surface area contributed by atoms with E-state index in [9.17, 15) is 27.9 Å². The van der Waals surface area contributed by atoms with Gasteiger partial charge < -0.3 is 36.8 Å². The Morgan fingerprint density at radius 1 is 1.32 bits per heavy atom. The Kier molecular flexibility index (Phi) is 9.69. The summed E-state index contributed by atoms with van der Waals surface area (Å²) >= 11 is 0.955. The molecule has 0 spiro atoms. The topological polar surface area (TPSA) is 270 Å². The molecule has 4 rings (SSSR count). The first kappa shape index (κ1) is 32.5. The molecule has 2 amide bonds. The second-order valence-corrected chi connectivity index (χ2v) is 12.0. The average molecular weight is 655 g/mol. The largest absolute Gasteiger partial charge is 0.489 e. The number of ether oxygens (including phenoxy) is 1. The van der Waals surface area contributed by atoms with E-state index in [1.54, 1.807) is 24.3 Å². The number of anilines is 1. The number of hydroxylamine groups is 2. The molecule has 8 N–H and O–H groups in total. The molecule has 2 aliphatic rings. The Balaban J connectivity index is 1.44. The van der Waals surface area contributed by atoms with Crippen molar-refractivity contribution in [2.24, 2.45) is 15.9 Å². The molecule has 3 heterocycles. The first-order valence-corrected chi connectivity index (χ1v) is 15.2. The number of oxime groups is 1. The Hall–Kier alpha value is -4.37. The highest BCUT2D eigenvalue weighted by molar-refractivity contribution is 7.80. The third-order valence-corrected chi connectivity index (χ3v) is 7.57. The number of rotatable bonds is 13. The number of nitrogens with zero attached hydrogens (tertiary/aromatic N) is 4. The van der Waals surface area contributed by atoms with Crippen molar-refractivity contribution in [1.29, 1.82) is 0 Å². The molecule has 238 valence electrons. The second-order valence-electron chi connectivity index (χ2n) is 10.1. The Labute approximate surface area is 255 Å². The van der Waals surface area contributed by atoms with Crippen molar-refractivity contribution in [3.05, 3.63) is 40.9 Å². The van der Waals surface area contributed by atoms with E-state index in [-0.39, 0.29) is 16.9 Å². The molecule has 1 aromatic heterocycles. The molecule has 0 saturated carbocycles. The van der Waals surface area contributed by atoms with E-state index >= 15 is 0 Å². The van der Waals surface area contributed by atoms with Gasteiger partial charge >= 0.3 is 16.4 Å². The average Bonchev–Trinajstić information content (AvgIpc) is 3.63. The fourth-order valence-corrected chi connectivity index (χ4v) is 5.20. The first-order chi connectivity index (χ1) is 20.7. The van der Waals surface area contributed by atoms with Gasteiger partial charge in [-0.25, -0.2) is 9.78 Å². The lowest BCUT2D eigenvalue weighted by Gasteiger charge is -2.50. The van der Waals surface area contributed by atoms with Crippen molar-refractivity contribution in [3.63, 3.8) is 0 Å². The number of carbonyl (C=O) groups is 3. The number of hydrogen-bond donors (Lipinski definition) is 6. The molecule has 20 heteroatoms. The number of carboxylic acid groups (broad SMARTS) is 1. The van der Waals surface area contributed by atoms with E-state index in [2.05, 4.69) is 30.0 Å². The third-order valence-electron chi connectivity index (χ3n) is 6.55. The van der Waals surface area contributed by atoms with Gasteiger partial charge in [-0.2, -0.15) is 13.5 Å². The molecule has 3 atom stereocenters. The standard InChI is InChI=1S/C24H30N8O10S2/c1-24(2)18(21(34)32(24)42-44(37,38)39)30-20(33)17(15-11-43-23(26)29-15)31-41-16(22(35)36)10-40-14-5-3-12(4-6-14)19(25)28-13-7-8-27-9-13/h3-6,11,13,16,18,27H,7-10H2,1-2H3,(H2,25,28)(H2,26,29)(H,30,33)(H,35,36)(H,37,38,39)/b31-17-/t13-,16-,18+/m0/s1. The van der Waals surface area contributed by atoms with Crippen LogP contribution in [0.25, 0.3) is 0 Å². The van der Waals surface area contributed by atoms with Gasteiger partial charge in [0.15, 0.2) is 10.8 Å². The summed E-state index contributed by atoms with van der Waals surface area (Å²) in [4.78, 5) is 51.1. The van der Waals surface area contributed by atoms with Crippen molar-refractivity contribution in [2.45, 2.75) is 44.0 Å². The van der Waals surface area contributed by atoms with E-state index in [1.807, 2.05) is 0 Å². The van der Waals surface area contributed by atoms with Crippen molar-refractivity contribution in [1.82, 2.24) is 20.7 Å². The van der Waals surface area contributed by atoms with Crippen LogP contribution >= 0.6 is 11.3 Å². The van der Waals surface area contributed by atoms with Crippen LogP contribution in [0, 0.1) is 0 Å². The second kappa shape index (κ2) is 13.1. The number of amides is 2. The summed E-state index contributed by atoms with van der Waals surface area (Å²) in [5.41, 5.74) is 10.4. The number of thiazole rings is 1. The monoisotopic (exact) mass is 654 g/mol. The number of benzene rings is 1. The van der Waals surface area contributed by atoms with Gasteiger partial charge in [-0.1, -0.05) is 5.16 Å². The zero-order valence-electron chi connectivity index (χ0n) is 23.4. The number of β-lactam (4-membered cyclic amide) rings is 1. The zero-order valence-corrected chi connectivity index (χ0v) is 25.0. The minimum atomic E-state index is -5.01. The number of aliphatic carboxylic acids is 1. The quantitative estimate of drug-likeness (QED) is 0.0491. The third kappa shape index (κ3) is 7.77. The summed E-state index contributed by atoms with van der Waals surface area (Å²) in [6.07, 6.45) is -0.794. The van der Waals surface area contributed by atoms with E-state index in [0.717, 1.165) is 30.8 Å². The highest BCUT2D eigenvalue weighted by Gasteiger charge is 2.58. The number of carbonyl (C=O) groups excluding carboxylic acids is 2. The maximum atomic E-state index is 13.2. The summed E-state index contributed by atoms with van der Waals surface area (Å²) in [6.45, 7) is 3.83. The smallest absolute Gasteiger partial charge is 0.418 e. The van der Waals surface area contributed by atoms with Gasteiger partial charge in [0.1, 0.15) is 29.9 Å². The summed E-state index contributed by atoms with van der Waals surface area (Å²) in [5.74, 6) is -2.81. The van der Waals surface area contributed by atoms with Crippen LogP contribution in [0.2, 0.25) is 0 Å². The number of aliphatic imine (C=N–C) groups is 1. The summed E-state index contributed by atoms with van der Waals surface area (Å²) in [6, 6.07) is 5.28. The van der Waals surface area contributed by atoms with Gasteiger partial charge in [0, 0.05) is 17.5 Å². The van der Waals surface area contributed by atoms with Gasteiger partial charge in [0.05, 0.1) is 11.6 Å². The fraction of sp³-hybridized carbons (Fsp3) is 0.417. The van der Waals surface area contributed by atoms with E-state index in [0.29, 0.717) is 22.2 Å². The zero-order chi connectivity index (χ0) is 32.2. The molecule has 44 heavy (non-hydrogen) atoms. The van der Waals surface area contributed by atoms with Crippen molar-refractivity contribution in [2.75, 3.05) is 25.4 Å². The molecule has 0 radical (unpaired) electrons. The van der Waals surface area contributed by atoms with Gasteiger partial charge in [0.25, 0.3) is 17.9 Å². The Bertz CT molecular complexity index is 1570. The van der Waals surface area contributed by atoms with Crippen molar-refractivity contribution < 1.29 is 46.3 Å². The van der Waals surface area contributed by atoms with E-state index in [4.69, 9.17) is 25.6 Å². The van der Waals surface area contributed by atoms with Gasteiger partial charge in [-0.3, -0.25) is 19.1 Å². The van der Waals surface area contributed by atoms with Crippen LogP contribution in [-0.4, -0.2) is 101 Å². The number of hydrogen-bond acceptors (Lipinski definition) is 14. The lowest BCUT2D eigenvalue weighted by Crippen LogP contribution is -2.76. The number of nitrogens with one attached hydrogen (secondary N) is 2. The highest BCUT2D eigenvalue weighted by Crippen LogP contribution is 2.33. The summed E-state index contributed by atoms with van der Waals surface area (Å²) in [5, 5.41) is 20.7. The molecule has 1 aromatic carbocycles. The van der Waals surface area contributed by atoms with Crippen LogP contribution in [0.1, 0.15) is 31.5 Å². The molecule has 0 aliphatic carbocycles. The first-order valence-electron chi connectivity index (χ1n) is 12.9. The van der Waals surface area contributed by atoms with Crippen molar-refractivity contribution >= 4 is 56.2 Å². The van der Waals surface area contributed by atoms with Crippen molar-refractivity contribution in [3.8, 4) is 5.75 Å². The Morgan fingerprint density at radius 3 is 2.57 bits per heavy atom. The minimum absolute atomic E-state index is 0.0560. The molecule has 18 nitrogen and oxygen atoms in total. The molecule has 0 bridgehead atoms. The van der Waals surface area contributed by atoms with Crippen LogP contribution in [0.4, 0.5) is 5.13 Å². The summed E-state index contributed by atoms with van der Waals surface area (Å²) < 4.78 is 40.9. The molecule has 0 unspecified atom stereocenters. The highest BCUT2D eigenvalue weighted by atomic mass is 32.3. The lowest BCUT2D eigenvalue weighted by molar-refractivity contribution is -0.218. The van der Waals surface area contributed by atoms with Crippen LogP contribution < -0.4 is 26.8 Å². The van der Waals surface area contributed by atoms with Crippen LogP contribution in [0.3, 0.4) is 0 Å². The fourth-order valence-electron chi connectivity index (χ4n) is 4.20. The molecular formula is C24H30N8O10S2. The van der Waals surface area contributed by atoms with Crippen LogP contribution in [0.15, 0.2) is 39.8 Å². The molecule has 2 fully saturated rings. The predicted octanol–water partition coefficient (Wildman–Crippen LogP) is -1.11. The van der Waals surface area contributed by atoms with Gasteiger partial charge in [-0.05, 0) is 51.1 Å². The summed E-state index contributed by atoms with van der Waals surface area (Å²) in [7, 11) is -5.01. The number of amidine groups is 1. The number of aromatic nitrogens is 1. The maximum absolute atomic E-state index is 13.2. The maximum Gasteiger partial charge on any atom is 0.418 e. The molecule has 2 aliphatic heterocycles. The molecular weight excluding hydrogens is 624 g/mol. The van der Waals surface area contributed by atoms with Gasteiger partial charge in [0.2, 0.25) is 0 Å². The number of nitrogens with two attached hydrogens (primary N) is 2.